The van der Waals surface area contributed by atoms with Crippen LogP contribution in [0.5, 0.6) is 5.75 Å². The van der Waals surface area contributed by atoms with Crippen LogP contribution in [0.3, 0.4) is 0 Å². The molecule has 1 aromatic carbocycles. The van der Waals surface area contributed by atoms with Crippen LogP contribution in [0.4, 0.5) is 0 Å². The van der Waals surface area contributed by atoms with Crippen LogP contribution in [0.2, 0.25) is 0 Å². The molecule has 0 aliphatic carbocycles. The molecular formula is C10H10NO. The normalized spacial score (nSPS) is 9.00. The Bertz CT molecular complexity index is 271. The van der Waals surface area contributed by atoms with E-state index in [-0.39, 0.29) is 0 Å². The van der Waals surface area contributed by atoms with Crippen LogP contribution < -0.4 is 4.74 Å². The number of rotatable bonds is 3. The quantitative estimate of drug-likeness (QED) is 0.678. The molecule has 0 fully saturated rings. The maximum atomic E-state index is 8.49. The number of nitrogens with zero attached hydrogens (tertiary/aromatic N) is 1. The molecule has 1 rings (SSSR count). The number of benzene rings is 1. The Morgan fingerprint density at radius 2 is 2.42 bits per heavy atom. The van der Waals surface area contributed by atoms with Crippen LogP contribution in [0, 0.1) is 17.4 Å². The SMILES string of the molecule is CCCOc1[c]cc(C#N)cc1. The minimum Gasteiger partial charge on any atom is -0.493 e. The molecule has 0 amide bonds. The van der Waals surface area contributed by atoms with Gasteiger partial charge in [-0.1, -0.05) is 6.92 Å². The number of hydrogen-bond acceptors (Lipinski definition) is 2. The molecule has 0 aliphatic heterocycles. The molecule has 0 N–H and O–H groups in total. The van der Waals surface area contributed by atoms with Crippen LogP contribution in [0.1, 0.15) is 18.9 Å². The third-order valence-electron chi connectivity index (χ3n) is 1.37. The fourth-order valence-electron chi connectivity index (χ4n) is 0.782. The lowest BCUT2D eigenvalue weighted by atomic mass is 10.2. The van der Waals surface area contributed by atoms with Crippen molar-refractivity contribution in [3.63, 3.8) is 0 Å². The van der Waals surface area contributed by atoms with Crippen molar-refractivity contribution in [2.75, 3.05) is 6.61 Å². The molecule has 12 heavy (non-hydrogen) atoms. The Labute approximate surface area is 72.4 Å². The van der Waals surface area contributed by atoms with Crippen LogP contribution in [-0.4, -0.2) is 6.61 Å². The highest BCUT2D eigenvalue weighted by Gasteiger charge is 1.93. The topological polar surface area (TPSA) is 33.0 Å². The Morgan fingerprint density at radius 1 is 1.58 bits per heavy atom. The molecule has 2 nitrogen and oxygen atoms in total. The highest BCUT2D eigenvalue weighted by molar-refractivity contribution is 5.33. The predicted octanol–water partition coefficient (Wildman–Crippen LogP) is 2.15. The zero-order chi connectivity index (χ0) is 8.81. The zero-order valence-electron chi connectivity index (χ0n) is 7.00. The number of ether oxygens (including phenoxy) is 1. The summed E-state index contributed by atoms with van der Waals surface area (Å²) in [5.41, 5.74) is 0.610. The maximum absolute atomic E-state index is 8.49. The van der Waals surface area contributed by atoms with E-state index in [0.717, 1.165) is 6.42 Å². The first kappa shape index (κ1) is 8.61. The van der Waals surface area contributed by atoms with E-state index < -0.39 is 0 Å². The fraction of sp³-hybridized carbons (Fsp3) is 0.300. The monoisotopic (exact) mass is 160 g/mol. The van der Waals surface area contributed by atoms with E-state index in [1.165, 1.54) is 0 Å². The van der Waals surface area contributed by atoms with Crippen LogP contribution in [-0.2, 0) is 0 Å². The summed E-state index contributed by atoms with van der Waals surface area (Å²) in [6, 6.07) is 10.0. The highest BCUT2D eigenvalue weighted by atomic mass is 16.5. The molecule has 0 atom stereocenters. The molecule has 1 radical (unpaired) electrons. The van der Waals surface area contributed by atoms with Gasteiger partial charge in [-0.25, -0.2) is 0 Å². The van der Waals surface area contributed by atoms with Gasteiger partial charge in [-0.05, 0) is 24.6 Å². The van der Waals surface area contributed by atoms with E-state index in [1.807, 2.05) is 13.0 Å². The summed E-state index contributed by atoms with van der Waals surface area (Å²) in [7, 11) is 0. The maximum Gasteiger partial charge on any atom is 0.127 e. The van der Waals surface area contributed by atoms with Crippen LogP contribution in [0.25, 0.3) is 0 Å². The molecule has 2 heteroatoms. The highest BCUT2D eigenvalue weighted by Crippen LogP contribution is 2.10. The standard InChI is InChI=1S/C10H10NO/c1-2-7-12-10-5-3-9(8-11)4-6-10/h3-5H,2,7H2,1H3. The van der Waals surface area contributed by atoms with Crippen LogP contribution >= 0.6 is 0 Å². The molecule has 0 bridgehead atoms. The summed E-state index contributed by atoms with van der Waals surface area (Å²) in [6.45, 7) is 2.74. The van der Waals surface area contributed by atoms with Crippen LogP contribution in [0.15, 0.2) is 18.2 Å². The molecule has 0 saturated heterocycles. The van der Waals surface area contributed by atoms with Gasteiger partial charge in [-0.15, -0.1) is 0 Å². The van der Waals surface area contributed by atoms with Crippen molar-refractivity contribution in [3.05, 3.63) is 29.8 Å². The first-order chi connectivity index (χ1) is 5.86. The van der Waals surface area contributed by atoms with Crippen molar-refractivity contribution >= 4 is 0 Å². The first-order valence-corrected chi connectivity index (χ1v) is 3.91. The Hall–Kier alpha value is -1.49. The average molecular weight is 160 g/mol. The van der Waals surface area contributed by atoms with E-state index in [4.69, 9.17) is 10.00 Å². The van der Waals surface area contributed by atoms with E-state index in [2.05, 4.69) is 6.07 Å². The van der Waals surface area contributed by atoms with E-state index in [0.29, 0.717) is 17.9 Å². The molecule has 0 heterocycles. The third-order valence-corrected chi connectivity index (χ3v) is 1.37. The van der Waals surface area contributed by atoms with Gasteiger partial charge in [0.25, 0.3) is 0 Å². The summed E-state index contributed by atoms with van der Waals surface area (Å²) in [5.74, 6) is 0.704. The molecule has 0 saturated carbocycles. The van der Waals surface area contributed by atoms with Gasteiger partial charge in [-0.2, -0.15) is 5.26 Å². The van der Waals surface area contributed by atoms with E-state index in [9.17, 15) is 0 Å². The summed E-state index contributed by atoms with van der Waals surface area (Å²) >= 11 is 0. The lowest BCUT2D eigenvalue weighted by Crippen LogP contribution is -1.94. The minimum absolute atomic E-state index is 0.610. The molecule has 61 valence electrons. The van der Waals surface area contributed by atoms with Crippen molar-refractivity contribution in [3.8, 4) is 11.8 Å². The van der Waals surface area contributed by atoms with E-state index >= 15 is 0 Å². The Balaban J connectivity index is 2.60. The summed E-state index contributed by atoms with van der Waals surface area (Å²) < 4.78 is 5.29. The van der Waals surface area contributed by atoms with Crippen molar-refractivity contribution in [1.82, 2.24) is 0 Å². The number of nitriles is 1. The third kappa shape index (κ3) is 2.28. The van der Waals surface area contributed by atoms with Gasteiger partial charge in [-0.3, -0.25) is 0 Å². The van der Waals surface area contributed by atoms with Gasteiger partial charge in [0, 0.05) is 6.07 Å². The lowest BCUT2D eigenvalue weighted by molar-refractivity contribution is 0.317. The van der Waals surface area contributed by atoms with Crippen molar-refractivity contribution in [2.45, 2.75) is 13.3 Å². The van der Waals surface area contributed by atoms with Crippen molar-refractivity contribution < 1.29 is 4.74 Å². The molecule has 1 aromatic rings. The lowest BCUT2D eigenvalue weighted by Gasteiger charge is -2.02. The number of hydrogen-bond donors (Lipinski definition) is 0. The van der Waals surface area contributed by atoms with Gasteiger partial charge < -0.3 is 4.74 Å². The van der Waals surface area contributed by atoms with Gasteiger partial charge >= 0.3 is 0 Å². The van der Waals surface area contributed by atoms with Gasteiger partial charge in [0.15, 0.2) is 0 Å². The molecule has 0 aliphatic rings. The molecule has 0 spiro atoms. The molecular weight excluding hydrogens is 150 g/mol. The minimum atomic E-state index is 0.610. The smallest absolute Gasteiger partial charge is 0.127 e. The summed E-state index contributed by atoms with van der Waals surface area (Å²) in [6.07, 6.45) is 0.980. The Morgan fingerprint density at radius 3 is 2.92 bits per heavy atom. The first-order valence-electron chi connectivity index (χ1n) is 3.91. The second kappa shape index (κ2) is 4.40. The van der Waals surface area contributed by atoms with Gasteiger partial charge in [0.2, 0.25) is 0 Å². The van der Waals surface area contributed by atoms with Gasteiger partial charge in [0.05, 0.1) is 18.2 Å². The van der Waals surface area contributed by atoms with Crippen molar-refractivity contribution in [1.29, 1.82) is 5.26 Å². The molecule has 0 aromatic heterocycles. The fourth-order valence-corrected chi connectivity index (χ4v) is 0.782. The second-order valence-corrected chi connectivity index (χ2v) is 2.40. The summed E-state index contributed by atoms with van der Waals surface area (Å²) in [5, 5.41) is 8.49. The van der Waals surface area contributed by atoms with E-state index in [1.54, 1.807) is 18.2 Å². The molecule has 0 unspecified atom stereocenters. The Kier molecular flexibility index (Phi) is 3.16. The summed E-state index contributed by atoms with van der Waals surface area (Å²) in [4.78, 5) is 0. The average Bonchev–Trinajstić information content (AvgIpc) is 2.15. The zero-order valence-corrected chi connectivity index (χ0v) is 7.00. The largest absolute Gasteiger partial charge is 0.493 e. The predicted molar refractivity (Wildman–Crippen MR) is 45.8 cm³/mol. The van der Waals surface area contributed by atoms with Gasteiger partial charge in [0.1, 0.15) is 5.75 Å². The van der Waals surface area contributed by atoms with Crippen molar-refractivity contribution in [2.24, 2.45) is 0 Å². The second-order valence-electron chi connectivity index (χ2n) is 2.40.